The highest BCUT2D eigenvalue weighted by Gasteiger charge is 2.21. The van der Waals surface area contributed by atoms with Gasteiger partial charge in [-0.3, -0.25) is 9.79 Å². The quantitative estimate of drug-likeness (QED) is 0.533. The molecule has 26 heavy (non-hydrogen) atoms. The number of aliphatic imine (C=N–C) groups is 1. The third-order valence-electron chi connectivity index (χ3n) is 4.95. The van der Waals surface area contributed by atoms with Crippen molar-refractivity contribution in [2.75, 3.05) is 33.7 Å². The van der Waals surface area contributed by atoms with Crippen molar-refractivity contribution >= 4 is 11.9 Å². The second-order valence-corrected chi connectivity index (χ2v) is 7.08. The number of likely N-dealkylation sites (tertiary alicyclic amines) is 1. The lowest BCUT2D eigenvalue weighted by Gasteiger charge is -2.35. The van der Waals surface area contributed by atoms with Crippen LogP contribution in [0.2, 0.25) is 0 Å². The SMILES string of the molecule is CN=C(NCCc1cccc(C(=O)NC)c1)NC1CCN(C(C)C)CC1. The third kappa shape index (κ3) is 6.02. The number of carbonyl (C=O) groups is 1. The molecule has 0 aromatic heterocycles. The van der Waals surface area contributed by atoms with Gasteiger partial charge in [0.05, 0.1) is 0 Å². The topological polar surface area (TPSA) is 68.8 Å². The molecule has 0 aliphatic carbocycles. The van der Waals surface area contributed by atoms with Gasteiger partial charge in [-0.1, -0.05) is 12.1 Å². The molecule has 0 unspecified atom stereocenters. The van der Waals surface area contributed by atoms with Gasteiger partial charge in [0.1, 0.15) is 0 Å². The number of guanidine groups is 1. The van der Waals surface area contributed by atoms with E-state index in [1.807, 2.05) is 31.3 Å². The Balaban J connectivity index is 1.77. The summed E-state index contributed by atoms with van der Waals surface area (Å²) in [6, 6.07) is 8.85. The molecule has 1 aliphatic heterocycles. The van der Waals surface area contributed by atoms with Crippen LogP contribution in [0.5, 0.6) is 0 Å². The molecule has 3 N–H and O–H groups in total. The molecule has 0 saturated carbocycles. The molecule has 1 amide bonds. The van der Waals surface area contributed by atoms with E-state index in [0.29, 0.717) is 17.6 Å². The smallest absolute Gasteiger partial charge is 0.251 e. The first kappa shape index (κ1) is 20.2. The Morgan fingerprint density at radius 1 is 1.31 bits per heavy atom. The van der Waals surface area contributed by atoms with Crippen LogP contribution in [-0.4, -0.2) is 62.6 Å². The number of rotatable bonds is 6. The van der Waals surface area contributed by atoms with Crippen molar-refractivity contribution in [1.82, 2.24) is 20.9 Å². The first-order valence-electron chi connectivity index (χ1n) is 9.55. The van der Waals surface area contributed by atoms with E-state index in [2.05, 4.69) is 39.7 Å². The second kappa shape index (κ2) is 10.2. The number of hydrogen-bond donors (Lipinski definition) is 3. The van der Waals surface area contributed by atoms with E-state index in [0.717, 1.165) is 50.4 Å². The molecule has 1 aliphatic rings. The molecule has 1 fully saturated rings. The molecule has 0 spiro atoms. The van der Waals surface area contributed by atoms with Crippen LogP contribution in [0, 0.1) is 0 Å². The second-order valence-electron chi connectivity index (χ2n) is 7.08. The van der Waals surface area contributed by atoms with Crippen molar-refractivity contribution in [1.29, 1.82) is 0 Å². The number of piperidine rings is 1. The zero-order chi connectivity index (χ0) is 18.9. The zero-order valence-corrected chi connectivity index (χ0v) is 16.5. The van der Waals surface area contributed by atoms with Gasteiger partial charge in [0.15, 0.2) is 5.96 Å². The standard InChI is InChI=1S/C20H33N5O/c1-15(2)25-12-9-18(10-13-25)24-20(22-4)23-11-8-16-6-5-7-17(14-16)19(26)21-3/h5-7,14-15,18H,8-13H2,1-4H3,(H,21,26)(H2,22,23,24). The van der Waals surface area contributed by atoms with Crippen molar-refractivity contribution in [3.05, 3.63) is 35.4 Å². The molecule has 6 heteroatoms. The maximum atomic E-state index is 11.7. The molecule has 0 atom stereocenters. The first-order chi connectivity index (χ1) is 12.5. The minimum atomic E-state index is -0.0509. The fourth-order valence-corrected chi connectivity index (χ4v) is 3.29. The fourth-order valence-electron chi connectivity index (χ4n) is 3.29. The lowest BCUT2D eigenvalue weighted by molar-refractivity contribution is 0.0963. The Morgan fingerprint density at radius 2 is 2.04 bits per heavy atom. The minimum Gasteiger partial charge on any atom is -0.356 e. The van der Waals surface area contributed by atoms with Crippen molar-refractivity contribution in [2.24, 2.45) is 4.99 Å². The van der Waals surface area contributed by atoms with Crippen LogP contribution in [0.15, 0.2) is 29.3 Å². The molecule has 0 bridgehead atoms. The van der Waals surface area contributed by atoms with Crippen LogP contribution in [0.3, 0.4) is 0 Å². The number of nitrogens with one attached hydrogen (secondary N) is 3. The lowest BCUT2D eigenvalue weighted by atomic mass is 10.0. The normalized spacial score (nSPS) is 16.6. The highest BCUT2D eigenvalue weighted by Crippen LogP contribution is 2.12. The van der Waals surface area contributed by atoms with Crippen molar-refractivity contribution in [2.45, 2.75) is 45.2 Å². The minimum absolute atomic E-state index is 0.0509. The third-order valence-corrected chi connectivity index (χ3v) is 4.95. The number of hydrogen-bond acceptors (Lipinski definition) is 3. The largest absolute Gasteiger partial charge is 0.356 e. The zero-order valence-electron chi connectivity index (χ0n) is 16.5. The fraction of sp³-hybridized carbons (Fsp3) is 0.600. The molecule has 1 saturated heterocycles. The van der Waals surface area contributed by atoms with E-state index in [-0.39, 0.29) is 5.91 Å². The van der Waals surface area contributed by atoms with Crippen LogP contribution >= 0.6 is 0 Å². The molecule has 1 aromatic carbocycles. The maximum Gasteiger partial charge on any atom is 0.251 e. The summed E-state index contributed by atoms with van der Waals surface area (Å²) in [6.07, 6.45) is 3.14. The van der Waals surface area contributed by atoms with E-state index in [1.165, 1.54) is 0 Å². The Bertz CT molecular complexity index is 606. The number of carbonyl (C=O) groups excluding carboxylic acids is 1. The average Bonchev–Trinajstić information content (AvgIpc) is 2.67. The van der Waals surface area contributed by atoms with E-state index in [9.17, 15) is 4.79 Å². The first-order valence-corrected chi connectivity index (χ1v) is 9.55. The molecule has 1 aromatic rings. The van der Waals surface area contributed by atoms with Crippen molar-refractivity contribution in [3.63, 3.8) is 0 Å². The highest BCUT2D eigenvalue weighted by molar-refractivity contribution is 5.94. The summed E-state index contributed by atoms with van der Waals surface area (Å²) >= 11 is 0. The molecule has 1 heterocycles. The van der Waals surface area contributed by atoms with Crippen molar-refractivity contribution < 1.29 is 4.79 Å². The summed E-state index contributed by atoms with van der Waals surface area (Å²) in [7, 11) is 3.46. The van der Waals surface area contributed by atoms with Gasteiger partial charge < -0.3 is 20.9 Å². The molecule has 6 nitrogen and oxygen atoms in total. The van der Waals surface area contributed by atoms with Gasteiger partial charge in [-0.25, -0.2) is 0 Å². The predicted octanol–water partition coefficient (Wildman–Crippen LogP) is 1.63. The highest BCUT2D eigenvalue weighted by atomic mass is 16.1. The number of amides is 1. The molecular weight excluding hydrogens is 326 g/mol. The van der Waals surface area contributed by atoms with Gasteiger partial charge in [0.2, 0.25) is 0 Å². The predicted molar refractivity (Wildman–Crippen MR) is 108 cm³/mol. The van der Waals surface area contributed by atoms with Gasteiger partial charge in [-0.2, -0.15) is 0 Å². The monoisotopic (exact) mass is 359 g/mol. The Hall–Kier alpha value is -2.08. The summed E-state index contributed by atoms with van der Waals surface area (Å²) in [5.41, 5.74) is 1.84. The van der Waals surface area contributed by atoms with Gasteiger partial charge in [0.25, 0.3) is 5.91 Å². The van der Waals surface area contributed by atoms with E-state index in [4.69, 9.17) is 0 Å². The summed E-state index contributed by atoms with van der Waals surface area (Å²) in [4.78, 5) is 18.6. The summed E-state index contributed by atoms with van der Waals surface area (Å²) in [6.45, 7) is 7.57. The van der Waals surface area contributed by atoms with Crippen LogP contribution < -0.4 is 16.0 Å². The lowest BCUT2D eigenvalue weighted by Crippen LogP contribution is -2.50. The summed E-state index contributed by atoms with van der Waals surface area (Å²) < 4.78 is 0. The Morgan fingerprint density at radius 3 is 2.65 bits per heavy atom. The van der Waals surface area contributed by atoms with E-state index >= 15 is 0 Å². The molecular formula is C20H33N5O. The molecule has 2 rings (SSSR count). The van der Waals surface area contributed by atoms with Crippen LogP contribution in [0.1, 0.15) is 42.6 Å². The van der Waals surface area contributed by atoms with Crippen LogP contribution in [0.4, 0.5) is 0 Å². The number of benzene rings is 1. The average molecular weight is 360 g/mol. The molecule has 144 valence electrons. The van der Waals surface area contributed by atoms with E-state index in [1.54, 1.807) is 7.05 Å². The number of nitrogens with zero attached hydrogens (tertiary/aromatic N) is 2. The molecule has 0 radical (unpaired) electrons. The van der Waals surface area contributed by atoms with Gasteiger partial charge in [0, 0.05) is 51.4 Å². The summed E-state index contributed by atoms with van der Waals surface area (Å²) in [5.74, 6) is 0.806. The van der Waals surface area contributed by atoms with Crippen LogP contribution in [-0.2, 0) is 6.42 Å². The van der Waals surface area contributed by atoms with E-state index < -0.39 is 0 Å². The van der Waals surface area contributed by atoms with Gasteiger partial charge in [-0.15, -0.1) is 0 Å². The summed E-state index contributed by atoms with van der Waals surface area (Å²) in [5, 5.41) is 9.59. The van der Waals surface area contributed by atoms with Gasteiger partial charge >= 0.3 is 0 Å². The maximum absolute atomic E-state index is 11.7. The van der Waals surface area contributed by atoms with Crippen LogP contribution in [0.25, 0.3) is 0 Å². The Kier molecular flexibility index (Phi) is 7.91. The van der Waals surface area contributed by atoms with Crippen molar-refractivity contribution in [3.8, 4) is 0 Å². The van der Waals surface area contributed by atoms with Gasteiger partial charge in [-0.05, 0) is 50.8 Å². The Labute approximate surface area is 157 Å².